The quantitative estimate of drug-likeness (QED) is 0.0299. The summed E-state index contributed by atoms with van der Waals surface area (Å²) in [5.41, 5.74) is 3.07. The molecule has 1 heterocycles. The van der Waals surface area contributed by atoms with Gasteiger partial charge in [0.2, 0.25) is 0 Å². The van der Waals surface area contributed by atoms with Gasteiger partial charge in [-0.15, -0.1) is 0 Å². The summed E-state index contributed by atoms with van der Waals surface area (Å²) < 4.78 is 39.4. The lowest BCUT2D eigenvalue weighted by Gasteiger charge is -2.24. The minimum Gasteiger partial charge on any atom is -0.474 e. The average molecular weight is 1040 g/mol. The predicted molar refractivity (Wildman–Crippen MR) is 280 cm³/mol. The molecule has 7 aromatic rings. The molecule has 0 bridgehead atoms. The normalized spacial score (nSPS) is 11.2. The number of nitrogens with zero attached hydrogens (tertiary/aromatic N) is 1. The standard InChI is InChI=1S/C23H17NO6.C19H14O5.C18H14O5/c1-24-20(23(27)30-4)18-15-11-7-5-9-13(15)17(14-10-6-8-12-16(14)18)19(21(25)28-2)22(26)29-3;1-23-18(21)16(19(22)24-2)15-11-7-3-5-9-13(11)17(20)14-10-6-4-8-12(14)15;1-21-17(19)16(18(20)22-2)15-11-7-3-5-9-13(11)23-14-10-6-4-8-12(14)15/h5-12H,2-4H3;3-10H,1-2H3;3-10H,1-2H3. The summed E-state index contributed by atoms with van der Waals surface area (Å²) in [6.45, 7) is 7.55. The molecule has 0 N–H and O–H groups in total. The van der Waals surface area contributed by atoms with Crippen LogP contribution in [0.15, 0.2) is 157 Å². The van der Waals surface area contributed by atoms with Gasteiger partial charge >= 0.3 is 41.8 Å². The van der Waals surface area contributed by atoms with Crippen molar-refractivity contribution in [3.63, 3.8) is 0 Å². The smallest absolute Gasteiger partial charge is 0.345 e. The summed E-state index contributed by atoms with van der Waals surface area (Å²) in [5, 5.41) is 2.66. The molecule has 386 valence electrons. The average Bonchev–Trinajstić information content (AvgIpc) is 3.51. The fraction of sp³-hybridized carbons (Fsp3) is 0.117. The van der Waals surface area contributed by atoms with Crippen LogP contribution in [0.5, 0.6) is 11.5 Å². The van der Waals surface area contributed by atoms with Crippen molar-refractivity contribution in [1.82, 2.24) is 0 Å². The van der Waals surface area contributed by atoms with Gasteiger partial charge in [-0.25, -0.2) is 33.6 Å². The Hall–Kier alpha value is -10.5. The number of rotatable bonds is 7. The van der Waals surface area contributed by atoms with Crippen LogP contribution >= 0.6 is 0 Å². The molecule has 0 saturated carbocycles. The second-order valence-corrected chi connectivity index (χ2v) is 16.1. The Kier molecular flexibility index (Phi) is 17.0. The second-order valence-electron chi connectivity index (χ2n) is 16.1. The lowest BCUT2D eigenvalue weighted by Crippen LogP contribution is -2.27. The van der Waals surface area contributed by atoms with Gasteiger partial charge < -0.3 is 37.9 Å². The number of ether oxygens (including phenoxy) is 8. The molecule has 77 heavy (non-hydrogen) atoms. The van der Waals surface area contributed by atoms with Crippen molar-refractivity contribution in [3.05, 3.63) is 212 Å². The number of methoxy groups -OCH3 is 7. The zero-order valence-corrected chi connectivity index (χ0v) is 42.3. The van der Waals surface area contributed by atoms with E-state index in [0.717, 1.165) is 0 Å². The highest BCUT2D eigenvalue weighted by molar-refractivity contribution is 6.38. The number of carbonyl (C=O) groups is 8. The monoisotopic (exact) mass is 1040 g/mol. The molecule has 0 aromatic heterocycles. The van der Waals surface area contributed by atoms with Crippen molar-refractivity contribution in [2.45, 2.75) is 0 Å². The molecule has 1 aliphatic carbocycles. The molecule has 17 heteroatoms. The van der Waals surface area contributed by atoms with Crippen LogP contribution in [0.1, 0.15) is 38.2 Å². The minimum atomic E-state index is -0.854. The fourth-order valence-corrected chi connectivity index (χ4v) is 8.84. The molecular formula is C60H45NO16. The third-order valence-electron chi connectivity index (χ3n) is 12.2. The number of hydrogen-bond acceptors (Lipinski definition) is 16. The van der Waals surface area contributed by atoms with Crippen LogP contribution in [0.3, 0.4) is 0 Å². The Morgan fingerprint density at radius 1 is 0.351 bits per heavy atom. The maximum absolute atomic E-state index is 12.7. The highest BCUT2D eigenvalue weighted by atomic mass is 16.6. The summed E-state index contributed by atoms with van der Waals surface area (Å²) in [4.78, 5) is 102. The second kappa shape index (κ2) is 24.0. The van der Waals surface area contributed by atoms with Crippen molar-refractivity contribution in [2.24, 2.45) is 0 Å². The van der Waals surface area contributed by atoms with Crippen molar-refractivity contribution >= 4 is 91.5 Å². The van der Waals surface area contributed by atoms with Crippen LogP contribution in [-0.4, -0.2) is 97.3 Å². The molecular weight excluding hydrogens is 991 g/mol. The summed E-state index contributed by atoms with van der Waals surface area (Å²) in [6.07, 6.45) is 0. The molecule has 1 aliphatic heterocycles. The van der Waals surface area contributed by atoms with Gasteiger partial charge in [-0.05, 0) is 44.8 Å². The van der Waals surface area contributed by atoms with Gasteiger partial charge in [-0.3, -0.25) is 9.59 Å². The number of benzene rings is 7. The third-order valence-corrected chi connectivity index (χ3v) is 12.2. The molecule has 0 spiro atoms. The lowest BCUT2D eigenvalue weighted by atomic mass is 9.79. The summed E-state index contributed by atoms with van der Waals surface area (Å²) in [5.74, 6) is -4.64. The highest BCUT2D eigenvalue weighted by Gasteiger charge is 2.35. The molecule has 0 radical (unpaired) electrons. The Morgan fingerprint density at radius 3 is 0.961 bits per heavy atom. The fourth-order valence-electron chi connectivity index (χ4n) is 8.84. The molecule has 0 amide bonds. The van der Waals surface area contributed by atoms with E-state index < -0.39 is 41.8 Å². The highest BCUT2D eigenvalue weighted by Crippen LogP contribution is 2.45. The summed E-state index contributed by atoms with van der Waals surface area (Å²) in [6, 6.07) is 41.8. The van der Waals surface area contributed by atoms with E-state index in [4.69, 9.17) is 44.5 Å². The van der Waals surface area contributed by atoms with E-state index in [0.29, 0.717) is 88.0 Å². The van der Waals surface area contributed by atoms with E-state index in [-0.39, 0.29) is 28.2 Å². The van der Waals surface area contributed by atoms with Gasteiger partial charge in [0.05, 0.1) is 56.3 Å². The Bertz CT molecular complexity index is 3640. The van der Waals surface area contributed by atoms with Crippen LogP contribution in [0.4, 0.5) is 0 Å². The molecule has 17 nitrogen and oxygen atoms in total. The number of esters is 7. The number of carbonyl (C=O) groups excluding carboxylic acids is 8. The summed E-state index contributed by atoms with van der Waals surface area (Å²) in [7, 11) is 8.38. The first-order valence-corrected chi connectivity index (χ1v) is 23.0. The molecule has 0 atom stereocenters. The maximum atomic E-state index is 12.7. The third kappa shape index (κ3) is 10.4. The zero-order valence-electron chi connectivity index (χ0n) is 42.3. The molecule has 0 saturated heterocycles. The summed E-state index contributed by atoms with van der Waals surface area (Å²) >= 11 is 0. The Labute approximate surface area is 439 Å². The van der Waals surface area contributed by atoms with Gasteiger partial charge in [0.15, 0.2) is 22.5 Å². The number of para-hydroxylation sites is 2. The molecule has 9 rings (SSSR count). The van der Waals surface area contributed by atoms with E-state index in [1.165, 1.54) is 49.8 Å². The zero-order chi connectivity index (χ0) is 55.5. The van der Waals surface area contributed by atoms with Crippen LogP contribution in [0, 0.1) is 6.57 Å². The van der Waals surface area contributed by atoms with E-state index in [1.807, 2.05) is 24.3 Å². The van der Waals surface area contributed by atoms with E-state index in [2.05, 4.69) is 4.85 Å². The number of fused-ring (bicyclic) bond motifs is 6. The van der Waals surface area contributed by atoms with Crippen LogP contribution in [-0.2, 0) is 66.7 Å². The van der Waals surface area contributed by atoms with Gasteiger partial charge in [0.1, 0.15) is 11.5 Å². The van der Waals surface area contributed by atoms with Gasteiger partial charge in [-0.2, -0.15) is 0 Å². The SMILES string of the molecule is COC(=O)C(C(=O)OC)=C1c2ccccc2C(=O)c2ccccc21.COC(=O)C(C(=O)OC)=C1c2ccccc2Oc2ccccc21.[C-]#[N+]C(C(=O)OC)=c1c2ccccc2c(=C(C(=O)OC)C(=O)OC)c2ccccc12. The van der Waals surface area contributed by atoms with Crippen LogP contribution < -0.4 is 15.2 Å². The van der Waals surface area contributed by atoms with E-state index in [1.54, 1.807) is 121 Å². The van der Waals surface area contributed by atoms with Crippen LogP contribution in [0.2, 0.25) is 0 Å². The molecule has 2 aliphatic rings. The van der Waals surface area contributed by atoms with Gasteiger partial charge in [-0.1, -0.05) is 133 Å². The number of ketones is 1. The largest absolute Gasteiger partial charge is 0.474 e. The van der Waals surface area contributed by atoms with E-state index >= 15 is 0 Å². The minimum absolute atomic E-state index is 0.154. The molecule has 0 unspecified atom stereocenters. The van der Waals surface area contributed by atoms with Crippen molar-refractivity contribution in [3.8, 4) is 11.5 Å². The van der Waals surface area contributed by atoms with Crippen molar-refractivity contribution in [2.75, 3.05) is 49.8 Å². The first kappa shape index (κ1) is 54.3. The predicted octanol–water partition coefficient (Wildman–Crippen LogP) is 7.01. The molecule has 0 fully saturated rings. The van der Waals surface area contributed by atoms with Crippen molar-refractivity contribution in [1.29, 1.82) is 0 Å². The van der Waals surface area contributed by atoms with Crippen molar-refractivity contribution < 1.29 is 76.3 Å². The Morgan fingerprint density at radius 2 is 0.623 bits per heavy atom. The van der Waals surface area contributed by atoms with Gasteiger partial charge in [0.25, 0.3) is 5.70 Å². The van der Waals surface area contributed by atoms with E-state index in [9.17, 15) is 38.4 Å². The molecule has 7 aromatic carbocycles. The number of hydrogen-bond donors (Lipinski definition) is 0. The van der Waals surface area contributed by atoms with Gasteiger partial charge in [0, 0.05) is 43.8 Å². The lowest BCUT2D eigenvalue weighted by molar-refractivity contribution is -0.145. The first-order chi connectivity index (χ1) is 37.3. The van der Waals surface area contributed by atoms with Crippen LogP contribution in [0.25, 0.3) is 48.8 Å². The maximum Gasteiger partial charge on any atom is 0.345 e. The topological polar surface area (TPSA) is 215 Å². The first-order valence-electron chi connectivity index (χ1n) is 23.0. The Balaban J connectivity index is 0.000000170.